The van der Waals surface area contributed by atoms with Crippen molar-refractivity contribution in [3.8, 4) is 5.75 Å². The number of benzene rings is 1. The minimum Gasteiger partial charge on any atom is -0.497 e. The SMILES string of the molecule is CCNC(=NCCCc1cccc(OC)c1)NCCCOCCOC. The standard InChI is InChI=1S/C19H33N3O3/c1-4-20-19(22-12-7-13-25-15-14-23-2)21-11-6-9-17-8-5-10-18(16-17)24-3/h5,8,10,16H,4,6-7,9,11-15H2,1-3H3,(H2,20,21,22). The van der Waals surface area contributed by atoms with Gasteiger partial charge in [-0.3, -0.25) is 4.99 Å². The van der Waals surface area contributed by atoms with E-state index >= 15 is 0 Å². The molecule has 142 valence electrons. The first-order valence-corrected chi connectivity index (χ1v) is 9.02. The van der Waals surface area contributed by atoms with Gasteiger partial charge in [-0.15, -0.1) is 0 Å². The highest BCUT2D eigenvalue weighted by molar-refractivity contribution is 5.79. The number of nitrogens with zero attached hydrogens (tertiary/aromatic N) is 1. The fourth-order valence-corrected chi connectivity index (χ4v) is 2.27. The number of ether oxygens (including phenoxy) is 3. The molecule has 6 heteroatoms. The average Bonchev–Trinajstić information content (AvgIpc) is 2.64. The van der Waals surface area contributed by atoms with Crippen LogP contribution in [0.1, 0.15) is 25.3 Å². The first-order chi connectivity index (χ1) is 12.3. The quantitative estimate of drug-likeness (QED) is 0.324. The minimum atomic E-state index is 0.644. The molecule has 1 rings (SSSR count). The Morgan fingerprint density at radius 3 is 2.72 bits per heavy atom. The van der Waals surface area contributed by atoms with E-state index in [1.807, 2.05) is 12.1 Å². The summed E-state index contributed by atoms with van der Waals surface area (Å²) < 4.78 is 15.6. The number of hydrogen-bond donors (Lipinski definition) is 2. The lowest BCUT2D eigenvalue weighted by Gasteiger charge is -2.11. The molecular formula is C19H33N3O3. The van der Waals surface area contributed by atoms with Gasteiger partial charge in [-0.05, 0) is 43.9 Å². The number of aliphatic imine (C=N–C) groups is 1. The highest BCUT2D eigenvalue weighted by Gasteiger charge is 1.99. The third-order valence-corrected chi connectivity index (χ3v) is 3.56. The van der Waals surface area contributed by atoms with Gasteiger partial charge in [0.1, 0.15) is 5.75 Å². The van der Waals surface area contributed by atoms with Gasteiger partial charge in [-0.25, -0.2) is 0 Å². The number of nitrogens with one attached hydrogen (secondary N) is 2. The summed E-state index contributed by atoms with van der Waals surface area (Å²) in [5.41, 5.74) is 1.28. The average molecular weight is 351 g/mol. The van der Waals surface area contributed by atoms with Crippen molar-refractivity contribution in [1.82, 2.24) is 10.6 Å². The number of methoxy groups -OCH3 is 2. The maximum Gasteiger partial charge on any atom is 0.191 e. The molecule has 1 aromatic rings. The lowest BCUT2D eigenvalue weighted by Crippen LogP contribution is -2.38. The summed E-state index contributed by atoms with van der Waals surface area (Å²) in [5, 5.41) is 6.60. The van der Waals surface area contributed by atoms with Crippen LogP contribution >= 0.6 is 0 Å². The summed E-state index contributed by atoms with van der Waals surface area (Å²) in [6, 6.07) is 8.20. The van der Waals surface area contributed by atoms with E-state index in [2.05, 4.69) is 34.7 Å². The second-order valence-corrected chi connectivity index (χ2v) is 5.60. The van der Waals surface area contributed by atoms with E-state index in [4.69, 9.17) is 14.2 Å². The first kappa shape index (κ1) is 21.3. The van der Waals surface area contributed by atoms with Gasteiger partial charge < -0.3 is 24.8 Å². The molecule has 0 aromatic heterocycles. The third kappa shape index (κ3) is 10.6. The molecular weight excluding hydrogens is 318 g/mol. The van der Waals surface area contributed by atoms with E-state index in [0.717, 1.165) is 57.2 Å². The second kappa shape index (κ2) is 14.5. The third-order valence-electron chi connectivity index (χ3n) is 3.56. The van der Waals surface area contributed by atoms with Gasteiger partial charge in [0.15, 0.2) is 5.96 Å². The lowest BCUT2D eigenvalue weighted by atomic mass is 10.1. The fourth-order valence-electron chi connectivity index (χ4n) is 2.27. The van der Waals surface area contributed by atoms with Crippen LogP contribution in [-0.2, 0) is 15.9 Å². The van der Waals surface area contributed by atoms with Crippen molar-refractivity contribution in [2.24, 2.45) is 4.99 Å². The molecule has 1 aromatic carbocycles. The summed E-state index contributed by atoms with van der Waals surface area (Å²) in [7, 11) is 3.37. The Labute approximate surface area is 152 Å². The molecule has 0 aliphatic heterocycles. The zero-order valence-electron chi connectivity index (χ0n) is 15.8. The van der Waals surface area contributed by atoms with Crippen molar-refractivity contribution in [2.75, 3.05) is 53.7 Å². The van der Waals surface area contributed by atoms with Gasteiger partial charge in [0, 0.05) is 33.4 Å². The van der Waals surface area contributed by atoms with Crippen LogP contribution < -0.4 is 15.4 Å². The molecule has 2 N–H and O–H groups in total. The van der Waals surface area contributed by atoms with Gasteiger partial charge in [0.25, 0.3) is 0 Å². The molecule has 0 heterocycles. The van der Waals surface area contributed by atoms with Crippen LogP contribution in [0.15, 0.2) is 29.3 Å². The van der Waals surface area contributed by atoms with Crippen molar-refractivity contribution in [1.29, 1.82) is 0 Å². The van der Waals surface area contributed by atoms with Crippen LogP contribution in [0.25, 0.3) is 0 Å². The van der Waals surface area contributed by atoms with Crippen molar-refractivity contribution >= 4 is 5.96 Å². The van der Waals surface area contributed by atoms with Gasteiger partial charge in [0.2, 0.25) is 0 Å². The molecule has 0 saturated carbocycles. The van der Waals surface area contributed by atoms with Crippen LogP contribution in [0, 0.1) is 0 Å². The van der Waals surface area contributed by atoms with Crippen molar-refractivity contribution < 1.29 is 14.2 Å². The molecule has 0 aliphatic rings. The van der Waals surface area contributed by atoms with E-state index in [1.54, 1.807) is 14.2 Å². The normalized spacial score (nSPS) is 11.4. The van der Waals surface area contributed by atoms with E-state index in [-0.39, 0.29) is 0 Å². The molecule has 0 amide bonds. The molecule has 0 saturated heterocycles. The topological polar surface area (TPSA) is 64.1 Å². The van der Waals surface area contributed by atoms with Crippen LogP contribution in [-0.4, -0.2) is 59.6 Å². The lowest BCUT2D eigenvalue weighted by molar-refractivity contribution is 0.0698. The number of hydrogen-bond acceptors (Lipinski definition) is 4. The number of aryl methyl sites for hydroxylation is 1. The Morgan fingerprint density at radius 2 is 1.96 bits per heavy atom. The van der Waals surface area contributed by atoms with E-state index < -0.39 is 0 Å². The molecule has 0 radical (unpaired) electrons. The van der Waals surface area contributed by atoms with Crippen molar-refractivity contribution in [3.05, 3.63) is 29.8 Å². The summed E-state index contributed by atoms with van der Waals surface area (Å²) in [5.74, 6) is 1.77. The number of rotatable bonds is 13. The van der Waals surface area contributed by atoms with Crippen molar-refractivity contribution in [2.45, 2.75) is 26.2 Å². The Hall–Kier alpha value is -1.79. The highest BCUT2D eigenvalue weighted by Crippen LogP contribution is 2.13. The Balaban J connectivity index is 2.22. The van der Waals surface area contributed by atoms with Crippen LogP contribution in [0.5, 0.6) is 5.75 Å². The van der Waals surface area contributed by atoms with Gasteiger partial charge in [0.05, 0.1) is 20.3 Å². The Bertz CT molecular complexity index is 481. The molecule has 0 fully saturated rings. The zero-order chi connectivity index (χ0) is 18.2. The summed E-state index contributed by atoms with van der Waals surface area (Å²) >= 11 is 0. The largest absolute Gasteiger partial charge is 0.497 e. The highest BCUT2D eigenvalue weighted by atomic mass is 16.5. The maximum atomic E-state index is 5.45. The van der Waals surface area contributed by atoms with Crippen LogP contribution in [0.3, 0.4) is 0 Å². The van der Waals surface area contributed by atoms with Crippen molar-refractivity contribution in [3.63, 3.8) is 0 Å². The molecule has 25 heavy (non-hydrogen) atoms. The molecule has 0 atom stereocenters. The number of guanidine groups is 1. The zero-order valence-corrected chi connectivity index (χ0v) is 15.8. The minimum absolute atomic E-state index is 0.644. The monoisotopic (exact) mass is 351 g/mol. The van der Waals surface area contributed by atoms with E-state index in [9.17, 15) is 0 Å². The Kier molecular flexibility index (Phi) is 12.4. The summed E-state index contributed by atoms with van der Waals surface area (Å²) in [6.07, 6.45) is 2.94. The van der Waals surface area contributed by atoms with Gasteiger partial charge in [-0.2, -0.15) is 0 Å². The first-order valence-electron chi connectivity index (χ1n) is 9.02. The second-order valence-electron chi connectivity index (χ2n) is 5.60. The van der Waals surface area contributed by atoms with Crippen LogP contribution in [0.4, 0.5) is 0 Å². The predicted molar refractivity (Wildman–Crippen MR) is 103 cm³/mol. The van der Waals surface area contributed by atoms with E-state index in [1.165, 1.54) is 5.56 Å². The van der Waals surface area contributed by atoms with Gasteiger partial charge in [-0.1, -0.05) is 12.1 Å². The summed E-state index contributed by atoms with van der Waals surface area (Å²) in [6.45, 7) is 6.57. The summed E-state index contributed by atoms with van der Waals surface area (Å²) in [4.78, 5) is 4.62. The maximum absolute atomic E-state index is 5.45. The molecule has 0 bridgehead atoms. The van der Waals surface area contributed by atoms with E-state index in [0.29, 0.717) is 13.2 Å². The Morgan fingerprint density at radius 1 is 1.08 bits per heavy atom. The van der Waals surface area contributed by atoms with Gasteiger partial charge >= 0.3 is 0 Å². The predicted octanol–water partition coefficient (Wildman–Crippen LogP) is 2.24. The van der Waals surface area contributed by atoms with Crippen LogP contribution in [0.2, 0.25) is 0 Å². The molecule has 0 unspecified atom stereocenters. The molecule has 0 aliphatic carbocycles. The molecule has 6 nitrogen and oxygen atoms in total. The fraction of sp³-hybridized carbons (Fsp3) is 0.632. The smallest absolute Gasteiger partial charge is 0.191 e. The molecule has 0 spiro atoms.